The number of hydrogen-bond acceptors (Lipinski definition) is 5. The lowest BCUT2D eigenvalue weighted by atomic mass is 9.90. The third kappa shape index (κ3) is 8.08. The number of pyridine rings is 1. The van der Waals surface area contributed by atoms with E-state index < -0.39 is 6.09 Å². The molecule has 0 bridgehead atoms. The van der Waals surface area contributed by atoms with Crippen molar-refractivity contribution in [3.63, 3.8) is 0 Å². The van der Waals surface area contributed by atoms with Crippen LogP contribution in [0.3, 0.4) is 0 Å². The van der Waals surface area contributed by atoms with Crippen molar-refractivity contribution >= 4 is 12.0 Å². The molecule has 2 amide bonds. The highest BCUT2D eigenvalue weighted by Crippen LogP contribution is 2.27. The Morgan fingerprint density at radius 1 is 0.929 bits per heavy atom. The van der Waals surface area contributed by atoms with E-state index in [9.17, 15) is 14.4 Å². The number of carbonyl (C=O) groups is 2. The van der Waals surface area contributed by atoms with Gasteiger partial charge < -0.3 is 30.9 Å². The van der Waals surface area contributed by atoms with E-state index in [4.69, 9.17) is 5.11 Å². The van der Waals surface area contributed by atoms with Gasteiger partial charge in [-0.1, -0.05) is 24.3 Å². The summed E-state index contributed by atoms with van der Waals surface area (Å²) in [4.78, 5) is 42.0. The molecule has 1 aromatic heterocycles. The second kappa shape index (κ2) is 13.8. The summed E-state index contributed by atoms with van der Waals surface area (Å²) in [6, 6.07) is 14.7. The number of hydrogen-bond donors (Lipinski definition) is 5. The second-order valence-corrected chi connectivity index (χ2v) is 11.7. The Kier molecular flexibility index (Phi) is 10.2. The summed E-state index contributed by atoms with van der Waals surface area (Å²) in [5.41, 5.74) is 7.70. The van der Waals surface area contributed by atoms with E-state index in [1.807, 2.05) is 47.0 Å². The fourth-order valence-electron chi connectivity index (χ4n) is 5.76. The van der Waals surface area contributed by atoms with E-state index in [-0.39, 0.29) is 30.1 Å². The van der Waals surface area contributed by atoms with Gasteiger partial charge in [0.1, 0.15) is 0 Å². The van der Waals surface area contributed by atoms with Crippen LogP contribution in [0.15, 0.2) is 47.3 Å². The molecule has 224 valence electrons. The van der Waals surface area contributed by atoms with Gasteiger partial charge in [-0.05, 0) is 112 Å². The third-order valence-electron chi connectivity index (χ3n) is 8.10. The Bertz CT molecular complexity index is 1470. The monoisotopic (exact) mass is 573 g/mol. The van der Waals surface area contributed by atoms with Crippen LogP contribution in [0.1, 0.15) is 69.6 Å². The zero-order valence-electron chi connectivity index (χ0n) is 25.3. The van der Waals surface area contributed by atoms with E-state index in [1.54, 1.807) is 0 Å². The van der Waals surface area contributed by atoms with Gasteiger partial charge in [-0.25, -0.2) is 4.79 Å². The van der Waals surface area contributed by atoms with Gasteiger partial charge in [-0.3, -0.25) is 9.59 Å². The van der Waals surface area contributed by atoms with Crippen molar-refractivity contribution < 1.29 is 14.7 Å². The lowest BCUT2D eigenvalue weighted by Gasteiger charge is -2.29. The zero-order chi connectivity index (χ0) is 30.4. The first kappa shape index (κ1) is 31.0. The minimum Gasteiger partial charge on any atom is -0.465 e. The van der Waals surface area contributed by atoms with Gasteiger partial charge >= 0.3 is 6.09 Å². The predicted molar refractivity (Wildman–Crippen MR) is 166 cm³/mol. The number of H-pyrrole nitrogens is 1. The number of carbonyl (C=O) groups excluding carboxylic acids is 1. The van der Waals surface area contributed by atoms with Gasteiger partial charge in [0, 0.05) is 48.5 Å². The van der Waals surface area contributed by atoms with Gasteiger partial charge in [0.25, 0.3) is 11.5 Å². The summed E-state index contributed by atoms with van der Waals surface area (Å²) in [6.45, 7) is 7.27. The number of aromatic amines is 1. The molecule has 0 atom stereocenters. The quantitative estimate of drug-likeness (QED) is 0.241. The summed E-state index contributed by atoms with van der Waals surface area (Å²) in [5, 5.41) is 18.2. The highest BCUT2D eigenvalue weighted by Gasteiger charge is 2.23. The molecule has 1 aliphatic rings. The zero-order valence-corrected chi connectivity index (χ0v) is 25.3. The molecule has 0 saturated heterocycles. The van der Waals surface area contributed by atoms with E-state index in [1.165, 1.54) is 5.56 Å². The van der Waals surface area contributed by atoms with Crippen molar-refractivity contribution in [1.82, 2.24) is 25.8 Å². The van der Waals surface area contributed by atoms with Crippen LogP contribution in [0.25, 0.3) is 11.1 Å². The molecular weight excluding hydrogens is 530 g/mol. The molecule has 4 rings (SSSR count). The van der Waals surface area contributed by atoms with E-state index in [0.29, 0.717) is 17.7 Å². The van der Waals surface area contributed by atoms with E-state index in [2.05, 4.69) is 56.2 Å². The van der Waals surface area contributed by atoms with Crippen LogP contribution in [0.5, 0.6) is 0 Å². The normalized spacial score (nSPS) is 16.8. The van der Waals surface area contributed by atoms with Crippen molar-refractivity contribution in [3.05, 3.63) is 91.9 Å². The predicted octanol–water partition coefficient (Wildman–Crippen LogP) is 4.63. The summed E-state index contributed by atoms with van der Waals surface area (Å²) in [5.74, 6) is -0.223. The molecular formula is C33H43N5O4. The van der Waals surface area contributed by atoms with Crippen molar-refractivity contribution in [2.24, 2.45) is 0 Å². The lowest BCUT2D eigenvalue weighted by Crippen LogP contribution is -2.41. The molecule has 2 aromatic carbocycles. The fourth-order valence-corrected chi connectivity index (χ4v) is 5.76. The van der Waals surface area contributed by atoms with Crippen LogP contribution in [-0.2, 0) is 19.6 Å². The first-order chi connectivity index (χ1) is 20.0. The van der Waals surface area contributed by atoms with Gasteiger partial charge in [0.2, 0.25) is 0 Å². The maximum atomic E-state index is 13.6. The smallest absolute Gasteiger partial charge is 0.404 e. The van der Waals surface area contributed by atoms with Crippen LogP contribution in [-0.4, -0.2) is 53.2 Å². The fraction of sp³-hybridized carbons (Fsp3) is 0.424. The standard InChI is InChI=1S/C33H43N5O4/c1-20-14-21(2)36-32(40)30(20)18-35-31(39)29-16-25(24-8-6-23(7-9-24)19-38(4)5)15-26(22(29)3)17-34-27-10-12-28(13-11-27)37-33(41)42/h6-9,14-16,27-28,34,37H,10-13,17-19H2,1-5H3,(H,35,39)(H,36,40)(H,41,42)/t27-,28-. The molecule has 0 spiro atoms. The Hall–Kier alpha value is -3.95. The summed E-state index contributed by atoms with van der Waals surface area (Å²) < 4.78 is 0. The van der Waals surface area contributed by atoms with Crippen LogP contribution in [0.4, 0.5) is 4.79 Å². The number of benzene rings is 2. The average Bonchev–Trinajstić information content (AvgIpc) is 2.92. The number of aryl methyl sites for hydroxylation is 2. The minimum atomic E-state index is -0.971. The number of carboxylic acid groups (broad SMARTS) is 1. The lowest BCUT2D eigenvalue weighted by molar-refractivity contribution is 0.0950. The summed E-state index contributed by atoms with van der Waals surface area (Å²) in [7, 11) is 4.08. The van der Waals surface area contributed by atoms with Crippen molar-refractivity contribution in [2.75, 3.05) is 14.1 Å². The molecule has 0 unspecified atom stereocenters. The SMILES string of the molecule is Cc1cc(C)c(CNC(=O)c2cc(-c3ccc(CN(C)C)cc3)cc(CN[C@H]3CC[C@H](NC(=O)O)CC3)c2C)c(=O)[nH]1. The molecule has 1 aliphatic carbocycles. The summed E-state index contributed by atoms with van der Waals surface area (Å²) >= 11 is 0. The first-order valence-corrected chi connectivity index (χ1v) is 14.6. The van der Waals surface area contributed by atoms with Crippen molar-refractivity contribution in [1.29, 1.82) is 0 Å². The number of aromatic nitrogens is 1. The number of nitrogens with one attached hydrogen (secondary N) is 4. The molecule has 42 heavy (non-hydrogen) atoms. The Labute approximate surface area is 247 Å². The van der Waals surface area contributed by atoms with Gasteiger partial charge in [-0.15, -0.1) is 0 Å². The largest absolute Gasteiger partial charge is 0.465 e. The average molecular weight is 574 g/mol. The Morgan fingerprint density at radius 3 is 2.21 bits per heavy atom. The summed E-state index contributed by atoms with van der Waals surface area (Å²) in [6.07, 6.45) is 2.39. The molecule has 5 N–H and O–H groups in total. The van der Waals surface area contributed by atoms with Crippen LogP contribution < -0.4 is 21.5 Å². The van der Waals surface area contributed by atoms with E-state index in [0.717, 1.165) is 65.7 Å². The molecule has 1 saturated carbocycles. The van der Waals surface area contributed by atoms with E-state index >= 15 is 0 Å². The Morgan fingerprint density at radius 2 is 1.60 bits per heavy atom. The Balaban J connectivity index is 1.57. The first-order valence-electron chi connectivity index (χ1n) is 14.6. The number of rotatable bonds is 10. The molecule has 3 aromatic rings. The number of amides is 2. The second-order valence-electron chi connectivity index (χ2n) is 11.7. The van der Waals surface area contributed by atoms with Gasteiger partial charge in [-0.2, -0.15) is 0 Å². The molecule has 0 radical (unpaired) electrons. The topological polar surface area (TPSA) is 127 Å². The maximum absolute atomic E-state index is 13.6. The number of nitrogens with zero attached hydrogens (tertiary/aromatic N) is 1. The van der Waals surface area contributed by atoms with Crippen molar-refractivity contribution in [2.45, 2.75) is 78.2 Å². The van der Waals surface area contributed by atoms with Crippen LogP contribution >= 0.6 is 0 Å². The molecule has 0 aliphatic heterocycles. The minimum absolute atomic E-state index is 0.000725. The highest BCUT2D eigenvalue weighted by molar-refractivity contribution is 5.97. The van der Waals surface area contributed by atoms with Gasteiger partial charge in [0.15, 0.2) is 0 Å². The molecule has 9 nitrogen and oxygen atoms in total. The van der Waals surface area contributed by atoms with Crippen LogP contribution in [0.2, 0.25) is 0 Å². The highest BCUT2D eigenvalue weighted by atomic mass is 16.4. The van der Waals surface area contributed by atoms with Crippen molar-refractivity contribution in [3.8, 4) is 11.1 Å². The molecule has 1 heterocycles. The third-order valence-corrected chi connectivity index (χ3v) is 8.10. The molecule has 9 heteroatoms. The maximum Gasteiger partial charge on any atom is 0.404 e. The van der Waals surface area contributed by atoms with Gasteiger partial charge in [0.05, 0.1) is 0 Å². The van der Waals surface area contributed by atoms with Crippen LogP contribution in [0, 0.1) is 20.8 Å². The molecule has 1 fully saturated rings.